The van der Waals surface area contributed by atoms with Crippen LogP contribution in [0.25, 0.3) is 0 Å². The van der Waals surface area contributed by atoms with E-state index < -0.39 is 5.60 Å². The van der Waals surface area contributed by atoms with E-state index in [1.165, 1.54) is 6.20 Å². The van der Waals surface area contributed by atoms with Crippen molar-refractivity contribution < 1.29 is 9.53 Å². The second-order valence-corrected chi connectivity index (χ2v) is 6.10. The summed E-state index contributed by atoms with van der Waals surface area (Å²) in [6, 6.07) is 5.67. The highest BCUT2D eigenvalue weighted by molar-refractivity contribution is 5.68. The number of aromatic nitrogens is 1. The maximum absolute atomic E-state index is 12.0. The van der Waals surface area contributed by atoms with Crippen molar-refractivity contribution in [2.24, 2.45) is 0 Å². The average molecular weight is 288 g/mol. The van der Waals surface area contributed by atoms with Gasteiger partial charge in [0.2, 0.25) is 0 Å². The number of carbonyl (C=O) groups is 1. The number of nitrogens with zero attached hydrogens (tertiary/aromatic N) is 3. The van der Waals surface area contributed by atoms with Crippen LogP contribution in [0.5, 0.6) is 0 Å². The summed E-state index contributed by atoms with van der Waals surface area (Å²) in [6.07, 6.45) is 2.10. The van der Waals surface area contributed by atoms with Gasteiger partial charge in [0.05, 0.1) is 5.56 Å². The van der Waals surface area contributed by atoms with Crippen molar-refractivity contribution in [3.05, 3.63) is 23.9 Å². The topological polar surface area (TPSA) is 78.2 Å². The first-order chi connectivity index (χ1) is 9.87. The number of hydrogen-bond donors (Lipinski definition) is 1. The highest BCUT2D eigenvalue weighted by Gasteiger charge is 2.29. The monoisotopic (exact) mass is 288 g/mol. The van der Waals surface area contributed by atoms with Crippen molar-refractivity contribution in [3.63, 3.8) is 0 Å². The van der Waals surface area contributed by atoms with Crippen LogP contribution < -0.4 is 5.32 Å². The Hall–Kier alpha value is -2.29. The van der Waals surface area contributed by atoms with Gasteiger partial charge in [-0.2, -0.15) is 5.26 Å². The number of nitriles is 1. The molecule has 112 valence electrons. The SMILES string of the molecule is CC(C)(C)OC(=O)N1CC[C@H](Nc2ccc(C#N)cn2)C1. The zero-order valence-electron chi connectivity index (χ0n) is 12.6. The summed E-state index contributed by atoms with van der Waals surface area (Å²) in [5.74, 6) is 0.713. The fourth-order valence-electron chi connectivity index (χ4n) is 2.12. The van der Waals surface area contributed by atoms with Crippen molar-refractivity contribution in [1.29, 1.82) is 5.26 Å². The highest BCUT2D eigenvalue weighted by atomic mass is 16.6. The number of pyridine rings is 1. The molecule has 2 rings (SSSR count). The quantitative estimate of drug-likeness (QED) is 0.904. The molecule has 1 amide bonds. The summed E-state index contributed by atoms with van der Waals surface area (Å²) < 4.78 is 5.36. The summed E-state index contributed by atoms with van der Waals surface area (Å²) in [5.41, 5.74) is 0.0550. The highest BCUT2D eigenvalue weighted by Crippen LogP contribution is 2.18. The van der Waals surface area contributed by atoms with E-state index in [0.717, 1.165) is 6.42 Å². The second-order valence-electron chi connectivity index (χ2n) is 6.10. The molecular weight excluding hydrogens is 268 g/mol. The molecule has 0 spiro atoms. The largest absolute Gasteiger partial charge is 0.444 e. The first-order valence-electron chi connectivity index (χ1n) is 6.98. The van der Waals surface area contributed by atoms with Gasteiger partial charge in [-0.15, -0.1) is 0 Å². The van der Waals surface area contributed by atoms with Crippen LogP contribution in [0.4, 0.5) is 10.6 Å². The van der Waals surface area contributed by atoms with Crippen LogP contribution in [0, 0.1) is 11.3 Å². The van der Waals surface area contributed by atoms with Gasteiger partial charge in [-0.25, -0.2) is 9.78 Å². The van der Waals surface area contributed by atoms with Crippen LogP contribution in [0.15, 0.2) is 18.3 Å². The van der Waals surface area contributed by atoms with E-state index in [9.17, 15) is 4.79 Å². The fourth-order valence-corrected chi connectivity index (χ4v) is 2.12. The van der Waals surface area contributed by atoms with Crippen molar-refractivity contribution in [2.75, 3.05) is 18.4 Å². The Bertz CT molecular complexity index is 542. The molecule has 6 heteroatoms. The molecule has 0 aliphatic carbocycles. The van der Waals surface area contributed by atoms with Crippen LogP contribution >= 0.6 is 0 Å². The molecule has 1 aromatic heterocycles. The molecule has 0 aromatic carbocycles. The molecule has 1 aliphatic heterocycles. The average Bonchev–Trinajstić information content (AvgIpc) is 2.86. The molecule has 1 aliphatic rings. The van der Waals surface area contributed by atoms with Gasteiger partial charge in [0, 0.05) is 25.3 Å². The lowest BCUT2D eigenvalue weighted by molar-refractivity contribution is 0.0293. The van der Waals surface area contributed by atoms with Crippen LogP contribution in [0.2, 0.25) is 0 Å². The minimum Gasteiger partial charge on any atom is -0.444 e. The molecule has 0 bridgehead atoms. The molecule has 2 heterocycles. The Morgan fingerprint density at radius 3 is 2.86 bits per heavy atom. The molecule has 0 radical (unpaired) electrons. The van der Waals surface area contributed by atoms with Crippen molar-refractivity contribution in [1.82, 2.24) is 9.88 Å². The third-order valence-corrected chi connectivity index (χ3v) is 3.08. The third kappa shape index (κ3) is 4.35. The van der Waals surface area contributed by atoms with E-state index in [1.807, 2.05) is 26.8 Å². The molecule has 1 fully saturated rings. The minimum absolute atomic E-state index is 0.151. The number of nitrogens with one attached hydrogen (secondary N) is 1. The fraction of sp³-hybridized carbons (Fsp3) is 0.533. The third-order valence-electron chi connectivity index (χ3n) is 3.08. The number of hydrogen-bond acceptors (Lipinski definition) is 5. The second kappa shape index (κ2) is 6.00. The van der Waals surface area contributed by atoms with Crippen LogP contribution in [0.1, 0.15) is 32.8 Å². The van der Waals surface area contributed by atoms with Gasteiger partial charge in [-0.3, -0.25) is 0 Å². The number of amides is 1. The molecule has 21 heavy (non-hydrogen) atoms. The van der Waals surface area contributed by atoms with Crippen LogP contribution in [-0.2, 0) is 4.74 Å². The lowest BCUT2D eigenvalue weighted by atomic mass is 10.2. The van der Waals surface area contributed by atoms with Gasteiger partial charge >= 0.3 is 6.09 Å². The van der Waals surface area contributed by atoms with Gasteiger partial charge in [-0.1, -0.05) is 0 Å². The summed E-state index contributed by atoms with van der Waals surface area (Å²) in [4.78, 5) is 17.8. The zero-order chi connectivity index (χ0) is 15.5. The van der Waals surface area contributed by atoms with Gasteiger partial charge in [-0.05, 0) is 39.3 Å². The van der Waals surface area contributed by atoms with E-state index in [2.05, 4.69) is 10.3 Å². The molecule has 1 N–H and O–H groups in total. The van der Waals surface area contributed by atoms with Gasteiger partial charge < -0.3 is 15.0 Å². The maximum atomic E-state index is 12.0. The van der Waals surface area contributed by atoms with Gasteiger partial charge in [0.15, 0.2) is 0 Å². The number of rotatable bonds is 2. The number of likely N-dealkylation sites (tertiary alicyclic amines) is 1. The Kier molecular flexibility index (Phi) is 4.32. The predicted molar refractivity (Wildman–Crippen MR) is 78.8 cm³/mol. The van der Waals surface area contributed by atoms with E-state index in [4.69, 9.17) is 10.00 Å². The summed E-state index contributed by atoms with van der Waals surface area (Å²) in [6.45, 7) is 6.84. The molecule has 1 atom stereocenters. The van der Waals surface area contributed by atoms with Crippen LogP contribution in [-0.4, -0.2) is 40.7 Å². The lowest BCUT2D eigenvalue weighted by Crippen LogP contribution is -2.36. The normalized spacial score (nSPS) is 18.2. The summed E-state index contributed by atoms with van der Waals surface area (Å²) in [7, 11) is 0. The Morgan fingerprint density at radius 1 is 1.52 bits per heavy atom. The Morgan fingerprint density at radius 2 is 2.29 bits per heavy atom. The predicted octanol–water partition coefficient (Wildman–Crippen LogP) is 2.37. The van der Waals surface area contributed by atoms with Crippen molar-refractivity contribution >= 4 is 11.9 Å². The van der Waals surface area contributed by atoms with Crippen molar-refractivity contribution in [3.8, 4) is 6.07 Å². The maximum Gasteiger partial charge on any atom is 0.410 e. The van der Waals surface area contributed by atoms with Crippen molar-refractivity contribution in [2.45, 2.75) is 38.8 Å². The Balaban J connectivity index is 1.87. The first-order valence-corrected chi connectivity index (χ1v) is 6.98. The van der Waals surface area contributed by atoms with Crippen LogP contribution in [0.3, 0.4) is 0 Å². The number of ether oxygens (including phenoxy) is 1. The van der Waals surface area contributed by atoms with Gasteiger partial charge in [0.1, 0.15) is 17.5 Å². The van der Waals surface area contributed by atoms with E-state index in [-0.39, 0.29) is 12.1 Å². The molecule has 1 saturated heterocycles. The molecule has 0 saturated carbocycles. The molecule has 0 unspecified atom stereocenters. The van der Waals surface area contributed by atoms with E-state index >= 15 is 0 Å². The van der Waals surface area contributed by atoms with E-state index in [1.54, 1.807) is 17.0 Å². The van der Waals surface area contributed by atoms with E-state index in [0.29, 0.717) is 24.5 Å². The summed E-state index contributed by atoms with van der Waals surface area (Å²) >= 11 is 0. The zero-order valence-corrected chi connectivity index (χ0v) is 12.6. The van der Waals surface area contributed by atoms with Gasteiger partial charge in [0.25, 0.3) is 0 Å². The lowest BCUT2D eigenvalue weighted by Gasteiger charge is -2.24. The Labute approximate surface area is 124 Å². The standard InChI is InChI=1S/C15H20N4O2/c1-15(2,3)21-14(20)19-7-6-12(10-19)18-13-5-4-11(8-16)9-17-13/h4-5,9,12H,6-7,10H2,1-3H3,(H,17,18)/t12-/m0/s1. The smallest absolute Gasteiger partial charge is 0.410 e. The number of anilines is 1. The summed E-state index contributed by atoms with van der Waals surface area (Å²) in [5, 5.41) is 12.0. The molecule has 1 aromatic rings. The number of carbonyl (C=O) groups excluding carboxylic acids is 1. The molecular formula is C15H20N4O2. The minimum atomic E-state index is -0.475. The first kappa shape index (κ1) is 15.1. The molecule has 6 nitrogen and oxygen atoms in total.